The number of benzene rings is 2. The molecule has 2 aliphatic rings. The number of nitrogens with zero attached hydrogens (tertiary/aromatic N) is 1. The third-order valence-electron chi connectivity index (χ3n) is 4.97. The van der Waals surface area contributed by atoms with Crippen LogP contribution in [0.25, 0.3) is 0 Å². The van der Waals surface area contributed by atoms with Crippen LogP contribution in [0.1, 0.15) is 34.3 Å². The van der Waals surface area contributed by atoms with Gasteiger partial charge in [-0.15, -0.1) is 0 Å². The summed E-state index contributed by atoms with van der Waals surface area (Å²) in [6.07, 6.45) is 2.18. The van der Waals surface area contributed by atoms with Gasteiger partial charge in [-0.25, -0.2) is 0 Å². The molecule has 4 nitrogen and oxygen atoms in total. The van der Waals surface area contributed by atoms with Crippen LogP contribution in [-0.2, 0) is 13.2 Å². The topological polar surface area (TPSA) is 41.6 Å². The quantitative estimate of drug-likeness (QED) is 0.909. The van der Waals surface area contributed by atoms with Gasteiger partial charge in [0.25, 0.3) is 5.91 Å². The second kappa shape index (κ2) is 7.06. The lowest BCUT2D eigenvalue weighted by atomic mass is 10.1. The molecule has 0 aromatic heterocycles. The maximum Gasteiger partial charge on any atom is 0.254 e. The highest BCUT2D eigenvalue weighted by atomic mass is 35.5. The Morgan fingerprint density at radius 3 is 2.80 bits per heavy atom. The van der Waals surface area contributed by atoms with Crippen molar-refractivity contribution in [1.29, 1.82) is 0 Å². The van der Waals surface area contributed by atoms with Gasteiger partial charge in [0.15, 0.2) is 0 Å². The average Bonchev–Trinajstić information content (AvgIpc) is 3.00. The number of amides is 1. The minimum Gasteiger partial charge on any atom is -0.489 e. The van der Waals surface area contributed by atoms with Gasteiger partial charge < -0.3 is 15.0 Å². The smallest absolute Gasteiger partial charge is 0.254 e. The van der Waals surface area contributed by atoms with Crippen LogP contribution in [0.15, 0.2) is 42.5 Å². The Balaban J connectivity index is 1.51. The molecule has 2 aliphatic heterocycles. The Labute approximate surface area is 152 Å². The fourth-order valence-corrected chi connectivity index (χ4v) is 3.72. The first kappa shape index (κ1) is 16.4. The van der Waals surface area contributed by atoms with Gasteiger partial charge >= 0.3 is 0 Å². The van der Waals surface area contributed by atoms with Crippen molar-refractivity contribution in [3.63, 3.8) is 0 Å². The monoisotopic (exact) mass is 356 g/mol. The van der Waals surface area contributed by atoms with E-state index in [4.69, 9.17) is 16.3 Å². The summed E-state index contributed by atoms with van der Waals surface area (Å²) in [5.41, 5.74) is 2.84. The average molecular weight is 357 g/mol. The van der Waals surface area contributed by atoms with Crippen molar-refractivity contribution in [3.8, 4) is 5.75 Å². The van der Waals surface area contributed by atoms with Crippen molar-refractivity contribution >= 4 is 17.5 Å². The lowest BCUT2D eigenvalue weighted by molar-refractivity contribution is 0.0674. The molecule has 0 bridgehead atoms. The van der Waals surface area contributed by atoms with Crippen LogP contribution in [0.5, 0.6) is 5.75 Å². The standard InChI is InChI=1S/C20H21ClN2O2/c21-15-8-6-14(7-9-15)13-25-19-5-1-4-17-18(19)12-23(20(17)24)16-3-2-10-22-11-16/h1,4-9,16,22H,2-3,10-13H2. The largest absolute Gasteiger partial charge is 0.489 e. The predicted molar refractivity (Wildman–Crippen MR) is 98.0 cm³/mol. The summed E-state index contributed by atoms with van der Waals surface area (Å²) in [4.78, 5) is 14.8. The summed E-state index contributed by atoms with van der Waals surface area (Å²) < 4.78 is 6.02. The summed E-state index contributed by atoms with van der Waals surface area (Å²) in [6.45, 7) is 3.02. The predicted octanol–water partition coefficient (Wildman–Crippen LogP) is 3.63. The fraction of sp³-hybridized carbons (Fsp3) is 0.350. The fourth-order valence-electron chi connectivity index (χ4n) is 3.60. The van der Waals surface area contributed by atoms with Crippen LogP contribution >= 0.6 is 11.6 Å². The number of piperidine rings is 1. The lowest BCUT2D eigenvalue weighted by Crippen LogP contribution is -2.46. The van der Waals surface area contributed by atoms with E-state index in [0.717, 1.165) is 48.4 Å². The van der Waals surface area contributed by atoms with E-state index in [9.17, 15) is 4.79 Å². The van der Waals surface area contributed by atoms with Crippen molar-refractivity contribution in [2.75, 3.05) is 13.1 Å². The van der Waals surface area contributed by atoms with Crippen molar-refractivity contribution in [1.82, 2.24) is 10.2 Å². The number of carbonyl (C=O) groups excluding carboxylic acids is 1. The first-order valence-electron chi connectivity index (χ1n) is 8.73. The minimum absolute atomic E-state index is 0.126. The van der Waals surface area contributed by atoms with Gasteiger partial charge in [0.2, 0.25) is 0 Å². The second-order valence-electron chi connectivity index (χ2n) is 6.63. The molecule has 0 spiro atoms. The Bertz CT molecular complexity index is 770. The molecule has 0 saturated carbocycles. The zero-order valence-electron chi connectivity index (χ0n) is 14.0. The van der Waals surface area contributed by atoms with Crippen LogP contribution in [0.3, 0.4) is 0 Å². The zero-order chi connectivity index (χ0) is 17.2. The van der Waals surface area contributed by atoms with E-state index in [1.165, 1.54) is 0 Å². The minimum atomic E-state index is 0.126. The highest BCUT2D eigenvalue weighted by molar-refractivity contribution is 6.30. The third-order valence-corrected chi connectivity index (χ3v) is 5.22. The lowest BCUT2D eigenvalue weighted by Gasteiger charge is -2.31. The number of carbonyl (C=O) groups is 1. The molecule has 1 N–H and O–H groups in total. The number of hydrogen-bond acceptors (Lipinski definition) is 3. The second-order valence-corrected chi connectivity index (χ2v) is 7.07. The van der Waals surface area contributed by atoms with E-state index in [1.807, 2.05) is 47.4 Å². The first-order valence-corrected chi connectivity index (χ1v) is 9.11. The number of ether oxygens (including phenoxy) is 1. The van der Waals surface area contributed by atoms with Gasteiger partial charge in [-0.3, -0.25) is 4.79 Å². The van der Waals surface area contributed by atoms with Crippen LogP contribution in [0, 0.1) is 0 Å². The van der Waals surface area contributed by atoms with Gasteiger partial charge in [-0.1, -0.05) is 29.8 Å². The van der Waals surface area contributed by atoms with Gasteiger partial charge in [0.05, 0.1) is 6.54 Å². The molecule has 1 amide bonds. The van der Waals surface area contributed by atoms with Gasteiger partial charge in [-0.05, 0) is 49.2 Å². The maximum absolute atomic E-state index is 12.8. The summed E-state index contributed by atoms with van der Waals surface area (Å²) in [5, 5.41) is 4.10. The number of nitrogens with one attached hydrogen (secondary N) is 1. The molecular weight excluding hydrogens is 336 g/mol. The van der Waals surface area contributed by atoms with Crippen LogP contribution in [-0.4, -0.2) is 29.9 Å². The van der Waals surface area contributed by atoms with Gasteiger partial charge in [0, 0.05) is 28.7 Å². The molecule has 1 fully saturated rings. The molecule has 2 heterocycles. The molecule has 130 valence electrons. The highest BCUT2D eigenvalue weighted by Gasteiger charge is 2.34. The molecule has 2 aromatic rings. The molecule has 2 aromatic carbocycles. The molecular formula is C20H21ClN2O2. The van der Waals surface area contributed by atoms with Crippen molar-refractivity contribution in [2.45, 2.75) is 32.0 Å². The number of halogens is 1. The molecule has 1 atom stereocenters. The SMILES string of the molecule is O=C1c2cccc(OCc3ccc(Cl)cc3)c2CN1C1CCCNC1. The molecule has 1 saturated heterocycles. The Morgan fingerprint density at radius 1 is 1.20 bits per heavy atom. The van der Waals surface area contributed by atoms with Crippen molar-refractivity contribution in [3.05, 3.63) is 64.2 Å². The summed E-state index contributed by atoms with van der Waals surface area (Å²) in [6, 6.07) is 13.7. The molecule has 0 radical (unpaired) electrons. The Morgan fingerprint density at radius 2 is 2.04 bits per heavy atom. The van der Waals surface area contributed by atoms with E-state index in [1.54, 1.807) is 0 Å². The van der Waals surface area contributed by atoms with Crippen LogP contribution < -0.4 is 10.1 Å². The molecule has 4 rings (SSSR count). The van der Waals surface area contributed by atoms with E-state index in [0.29, 0.717) is 18.2 Å². The number of rotatable bonds is 4. The zero-order valence-corrected chi connectivity index (χ0v) is 14.8. The number of fused-ring (bicyclic) bond motifs is 1. The maximum atomic E-state index is 12.8. The first-order chi connectivity index (χ1) is 12.2. The third kappa shape index (κ3) is 3.37. The van der Waals surface area contributed by atoms with Crippen LogP contribution in [0.2, 0.25) is 5.02 Å². The van der Waals surface area contributed by atoms with Gasteiger partial charge in [-0.2, -0.15) is 0 Å². The highest BCUT2D eigenvalue weighted by Crippen LogP contribution is 2.33. The van der Waals surface area contributed by atoms with E-state index < -0.39 is 0 Å². The molecule has 1 unspecified atom stereocenters. The summed E-state index contributed by atoms with van der Waals surface area (Å²) in [7, 11) is 0. The Hall–Kier alpha value is -2.04. The van der Waals surface area contributed by atoms with E-state index >= 15 is 0 Å². The normalized spacial score (nSPS) is 19.8. The molecule has 0 aliphatic carbocycles. The van der Waals surface area contributed by atoms with Crippen LogP contribution in [0.4, 0.5) is 0 Å². The summed E-state index contributed by atoms with van der Waals surface area (Å²) >= 11 is 5.92. The summed E-state index contributed by atoms with van der Waals surface area (Å²) in [5.74, 6) is 0.924. The van der Waals surface area contributed by atoms with Crippen molar-refractivity contribution < 1.29 is 9.53 Å². The van der Waals surface area contributed by atoms with Crippen molar-refractivity contribution in [2.24, 2.45) is 0 Å². The van der Waals surface area contributed by atoms with Gasteiger partial charge in [0.1, 0.15) is 12.4 Å². The Kier molecular flexibility index (Phi) is 4.64. The molecule has 5 heteroatoms. The molecule has 25 heavy (non-hydrogen) atoms. The van der Waals surface area contributed by atoms with E-state index in [2.05, 4.69) is 5.32 Å². The number of hydrogen-bond donors (Lipinski definition) is 1. The van der Waals surface area contributed by atoms with E-state index in [-0.39, 0.29) is 11.9 Å².